The van der Waals surface area contributed by atoms with Crippen molar-refractivity contribution in [1.29, 1.82) is 0 Å². The summed E-state index contributed by atoms with van der Waals surface area (Å²) in [6.45, 7) is 10.9. The first kappa shape index (κ1) is 13.4. The number of piperidine rings is 1. The predicted octanol–water partition coefficient (Wildman–Crippen LogP) is 2.79. The third kappa shape index (κ3) is 3.96. The quantitative estimate of drug-likeness (QED) is 0.790. The smallest absolute Gasteiger partial charge is 0.0117 e. The van der Waals surface area contributed by atoms with Gasteiger partial charge >= 0.3 is 0 Å². The highest BCUT2D eigenvalue weighted by Crippen LogP contribution is 2.37. The van der Waals surface area contributed by atoms with Crippen LogP contribution in [0.25, 0.3) is 0 Å². The van der Waals surface area contributed by atoms with Crippen molar-refractivity contribution in [2.75, 3.05) is 19.6 Å². The maximum absolute atomic E-state index is 3.83. The summed E-state index contributed by atoms with van der Waals surface area (Å²) in [6.07, 6.45) is 7.00. The molecular formula is C15H30N2. The van der Waals surface area contributed by atoms with Crippen molar-refractivity contribution in [3.05, 3.63) is 0 Å². The number of nitrogens with one attached hydrogen (secondary N) is 2. The Labute approximate surface area is 107 Å². The van der Waals surface area contributed by atoms with Crippen LogP contribution in [0.5, 0.6) is 0 Å². The summed E-state index contributed by atoms with van der Waals surface area (Å²) in [5.74, 6) is 1.73. The molecule has 2 fully saturated rings. The van der Waals surface area contributed by atoms with E-state index >= 15 is 0 Å². The van der Waals surface area contributed by atoms with Gasteiger partial charge in [-0.3, -0.25) is 0 Å². The van der Waals surface area contributed by atoms with Crippen molar-refractivity contribution >= 4 is 0 Å². The SMILES string of the molecule is CC1CNCCC1NCC1CCC(C)(C)CC1. The minimum atomic E-state index is 0.610. The molecule has 2 rings (SSSR count). The molecule has 2 heteroatoms. The molecule has 0 aromatic carbocycles. The fourth-order valence-corrected chi connectivity index (χ4v) is 3.30. The fourth-order valence-electron chi connectivity index (χ4n) is 3.30. The van der Waals surface area contributed by atoms with E-state index in [-0.39, 0.29) is 0 Å². The van der Waals surface area contributed by atoms with Crippen LogP contribution in [0, 0.1) is 17.3 Å². The normalized spacial score (nSPS) is 34.8. The summed E-state index contributed by atoms with van der Waals surface area (Å²) in [5.41, 5.74) is 0.610. The van der Waals surface area contributed by atoms with Crippen molar-refractivity contribution in [3.8, 4) is 0 Å². The second-order valence-corrected chi connectivity index (χ2v) is 7.09. The lowest BCUT2D eigenvalue weighted by Crippen LogP contribution is -2.47. The molecule has 100 valence electrons. The molecule has 2 atom stereocenters. The first-order valence-corrected chi connectivity index (χ1v) is 7.51. The van der Waals surface area contributed by atoms with Crippen molar-refractivity contribution in [1.82, 2.24) is 10.6 Å². The molecule has 0 aromatic rings. The average Bonchev–Trinajstić information content (AvgIpc) is 2.30. The lowest BCUT2D eigenvalue weighted by Gasteiger charge is -2.36. The van der Waals surface area contributed by atoms with E-state index in [1.807, 2.05) is 0 Å². The molecule has 1 aliphatic heterocycles. The van der Waals surface area contributed by atoms with E-state index in [2.05, 4.69) is 31.4 Å². The Balaban J connectivity index is 1.68. The Morgan fingerprint density at radius 3 is 2.53 bits per heavy atom. The third-order valence-electron chi connectivity index (χ3n) is 4.91. The molecule has 0 aromatic heterocycles. The minimum absolute atomic E-state index is 0.610. The largest absolute Gasteiger partial charge is 0.316 e. The van der Waals surface area contributed by atoms with Crippen molar-refractivity contribution < 1.29 is 0 Å². The van der Waals surface area contributed by atoms with Crippen LogP contribution in [-0.2, 0) is 0 Å². The molecule has 0 amide bonds. The third-order valence-corrected chi connectivity index (χ3v) is 4.91. The van der Waals surface area contributed by atoms with Crippen LogP contribution < -0.4 is 10.6 Å². The summed E-state index contributed by atoms with van der Waals surface area (Å²) in [6, 6.07) is 0.756. The van der Waals surface area contributed by atoms with Crippen LogP contribution in [0.1, 0.15) is 52.9 Å². The van der Waals surface area contributed by atoms with Crippen LogP contribution in [-0.4, -0.2) is 25.7 Å². The molecule has 0 spiro atoms. The monoisotopic (exact) mass is 238 g/mol. The van der Waals surface area contributed by atoms with Crippen LogP contribution in [0.4, 0.5) is 0 Å². The Kier molecular flexibility index (Phi) is 4.48. The predicted molar refractivity (Wildman–Crippen MR) is 74.2 cm³/mol. The van der Waals surface area contributed by atoms with Gasteiger partial charge in [0.25, 0.3) is 0 Å². The second-order valence-electron chi connectivity index (χ2n) is 7.09. The summed E-state index contributed by atoms with van der Waals surface area (Å²) < 4.78 is 0. The van der Waals surface area contributed by atoms with E-state index in [1.54, 1.807) is 0 Å². The zero-order chi connectivity index (χ0) is 12.3. The average molecular weight is 238 g/mol. The lowest BCUT2D eigenvalue weighted by atomic mass is 9.73. The van der Waals surface area contributed by atoms with Gasteiger partial charge in [-0.1, -0.05) is 20.8 Å². The van der Waals surface area contributed by atoms with Crippen molar-refractivity contribution in [2.45, 2.75) is 58.9 Å². The maximum atomic E-state index is 3.83. The molecule has 0 bridgehead atoms. The molecule has 1 aliphatic carbocycles. The Bertz CT molecular complexity index is 227. The van der Waals surface area contributed by atoms with Crippen molar-refractivity contribution in [3.63, 3.8) is 0 Å². The molecule has 0 radical (unpaired) electrons. The van der Waals surface area contributed by atoms with E-state index in [9.17, 15) is 0 Å². The maximum Gasteiger partial charge on any atom is 0.0117 e. The van der Waals surface area contributed by atoms with Gasteiger partial charge in [0, 0.05) is 6.04 Å². The van der Waals surface area contributed by atoms with Gasteiger partial charge in [0.05, 0.1) is 0 Å². The lowest BCUT2D eigenvalue weighted by molar-refractivity contribution is 0.179. The topological polar surface area (TPSA) is 24.1 Å². The summed E-state index contributed by atoms with van der Waals surface area (Å²) in [4.78, 5) is 0. The van der Waals surface area contributed by atoms with Crippen LogP contribution in [0.3, 0.4) is 0 Å². The number of hydrogen-bond acceptors (Lipinski definition) is 2. The van der Waals surface area contributed by atoms with Gasteiger partial charge < -0.3 is 10.6 Å². The highest BCUT2D eigenvalue weighted by atomic mass is 15.0. The summed E-state index contributed by atoms with van der Waals surface area (Å²) in [5, 5.41) is 7.30. The van der Waals surface area contributed by atoms with Gasteiger partial charge in [-0.05, 0) is 69.0 Å². The Morgan fingerprint density at radius 2 is 1.88 bits per heavy atom. The molecule has 2 unspecified atom stereocenters. The Hall–Kier alpha value is -0.0800. The van der Waals surface area contributed by atoms with Crippen LogP contribution in [0.15, 0.2) is 0 Å². The van der Waals surface area contributed by atoms with Gasteiger partial charge in [0.2, 0.25) is 0 Å². The van der Waals surface area contributed by atoms with Gasteiger partial charge in [-0.25, -0.2) is 0 Å². The molecule has 1 saturated carbocycles. The molecular weight excluding hydrogens is 208 g/mol. The molecule has 1 saturated heterocycles. The fraction of sp³-hybridized carbons (Fsp3) is 1.00. The molecule has 2 nitrogen and oxygen atoms in total. The first-order chi connectivity index (χ1) is 8.07. The zero-order valence-electron chi connectivity index (χ0n) is 11.9. The molecule has 2 N–H and O–H groups in total. The molecule has 2 aliphatic rings. The van der Waals surface area contributed by atoms with E-state index in [0.29, 0.717) is 5.41 Å². The van der Waals surface area contributed by atoms with Gasteiger partial charge in [0.15, 0.2) is 0 Å². The highest BCUT2D eigenvalue weighted by Gasteiger charge is 2.28. The van der Waals surface area contributed by atoms with E-state index < -0.39 is 0 Å². The summed E-state index contributed by atoms with van der Waals surface area (Å²) in [7, 11) is 0. The van der Waals surface area contributed by atoms with E-state index in [4.69, 9.17) is 0 Å². The van der Waals surface area contributed by atoms with Crippen LogP contribution >= 0.6 is 0 Å². The van der Waals surface area contributed by atoms with Crippen molar-refractivity contribution in [2.24, 2.45) is 17.3 Å². The van der Waals surface area contributed by atoms with E-state index in [1.165, 1.54) is 51.7 Å². The molecule has 1 heterocycles. The minimum Gasteiger partial charge on any atom is -0.316 e. The molecule has 17 heavy (non-hydrogen) atoms. The standard InChI is InChI=1S/C15H30N2/c1-12-10-16-9-6-14(12)17-11-13-4-7-15(2,3)8-5-13/h12-14,16-17H,4-11H2,1-3H3. The zero-order valence-corrected chi connectivity index (χ0v) is 11.9. The van der Waals surface area contributed by atoms with Gasteiger partial charge in [-0.2, -0.15) is 0 Å². The number of hydrogen-bond donors (Lipinski definition) is 2. The second kappa shape index (κ2) is 5.71. The van der Waals surface area contributed by atoms with Gasteiger partial charge in [0.1, 0.15) is 0 Å². The van der Waals surface area contributed by atoms with Gasteiger partial charge in [-0.15, -0.1) is 0 Å². The van der Waals surface area contributed by atoms with E-state index in [0.717, 1.165) is 17.9 Å². The first-order valence-electron chi connectivity index (χ1n) is 7.51. The summed E-state index contributed by atoms with van der Waals surface area (Å²) >= 11 is 0. The highest BCUT2D eigenvalue weighted by molar-refractivity contribution is 4.84. The van der Waals surface area contributed by atoms with Crippen LogP contribution in [0.2, 0.25) is 0 Å². The number of rotatable bonds is 3. The Morgan fingerprint density at radius 1 is 1.18 bits per heavy atom.